The molecule has 0 fully saturated rings. The highest BCUT2D eigenvalue weighted by molar-refractivity contribution is 5.87. The number of ether oxygens (including phenoxy) is 2. The molecule has 0 aliphatic carbocycles. The van der Waals surface area contributed by atoms with E-state index in [1.54, 1.807) is 25.8 Å². The molecule has 0 unspecified atom stereocenters. The summed E-state index contributed by atoms with van der Waals surface area (Å²) in [5.41, 5.74) is 0.731. The van der Waals surface area contributed by atoms with Gasteiger partial charge in [0.2, 0.25) is 5.91 Å². The Labute approximate surface area is 138 Å². The van der Waals surface area contributed by atoms with Gasteiger partial charge in [0.1, 0.15) is 0 Å². The summed E-state index contributed by atoms with van der Waals surface area (Å²) in [6, 6.07) is 0. The van der Waals surface area contributed by atoms with Gasteiger partial charge in [-0.3, -0.25) is 4.79 Å². The monoisotopic (exact) mass is 325 g/mol. The lowest BCUT2D eigenvalue weighted by molar-refractivity contribution is -0.139. The summed E-state index contributed by atoms with van der Waals surface area (Å²) in [5, 5.41) is 0. The highest BCUT2D eigenvalue weighted by atomic mass is 16.5. The molecular formula is C17H27NO5. The van der Waals surface area contributed by atoms with Crippen molar-refractivity contribution in [1.29, 1.82) is 0 Å². The lowest BCUT2D eigenvalue weighted by Crippen LogP contribution is -2.28. The second-order valence-electron chi connectivity index (χ2n) is 5.46. The van der Waals surface area contributed by atoms with Gasteiger partial charge in [-0.1, -0.05) is 13.2 Å². The van der Waals surface area contributed by atoms with Crippen LogP contribution in [0.5, 0.6) is 0 Å². The van der Waals surface area contributed by atoms with Crippen LogP contribution in [0.2, 0.25) is 0 Å². The molecule has 0 aromatic rings. The smallest absolute Gasteiger partial charge is 0.333 e. The first-order valence-corrected chi connectivity index (χ1v) is 7.65. The Balaban J connectivity index is 3.70. The minimum Gasteiger partial charge on any atom is -0.462 e. The molecule has 0 bridgehead atoms. The second kappa shape index (κ2) is 11.5. The van der Waals surface area contributed by atoms with Crippen LogP contribution in [0.15, 0.2) is 24.3 Å². The van der Waals surface area contributed by atoms with Crippen LogP contribution >= 0.6 is 0 Å². The number of hydrogen-bond donors (Lipinski definition) is 0. The van der Waals surface area contributed by atoms with E-state index >= 15 is 0 Å². The molecule has 23 heavy (non-hydrogen) atoms. The van der Waals surface area contributed by atoms with Gasteiger partial charge in [-0.05, 0) is 33.1 Å². The van der Waals surface area contributed by atoms with Gasteiger partial charge in [0.25, 0.3) is 0 Å². The van der Waals surface area contributed by atoms with E-state index in [1.807, 2.05) is 0 Å². The molecule has 0 saturated carbocycles. The summed E-state index contributed by atoms with van der Waals surface area (Å²) in [6.45, 7) is 11.2. The standard InChI is InChI=1S/C17H27NO5/c1-13(2)16(20)22-11-7-6-9-15(19)18(5)10-8-12-23-17(21)14(3)4/h1,3,6-12H2,2,4-5H3. The molecule has 130 valence electrons. The molecule has 0 heterocycles. The third kappa shape index (κ3) is 10.3. The third-order valence-corrected chi connectivity index (χ3v) is 3.01. The molecule has 0 aliphatic heterocycles. The Morgan fingerprint density at radius 3 is 1.83 bits per heavy atom. The zero-order chi connectivity index (χ0) is 17.8. The number of amides is 1. The van der Waals surface area contributed by atoms with Crippen LogP contribution in [0.1, 0.15) is 39.5 Å². The lowest BCUT2D eigenvalue weighted by atomic mass is 10.2. The molecule has 6 heteroatoms. The maximum Gasteiger partial charge on any atom is 0.333 e. The highest BCUT2D eigenvalue weighted by Gasteiger charge is 2.09. The number of rotatable bonds is 11. The average molecular weight is 325 g/mol. The molecule has 0 rings (SSSR count). The fourth-order valence-electron chi connectivity index (χ4n) is 1.57. The van der Waals surface area contributed by atoms with Crippen molar-refractivity contribution in [2.75, 3.05) is 26.8 Å². The van der Waals surface area contributed by atoms with E-state index in [0.717, 1.165) is 0 Å². The summed E-state index contributed by atoms with van der Waals surface area (Å²) in [4.78, 5) is 35.8. The molecule has 0 aliphatic rings. The molecule has 0 spiro atoms. The fraction of sp³-hybridized carbons (Fsp3) is 0.588. The van der Waals surface area contributed by atoms with E-state index in [-0.39, 0.29) is 12.5 Å². The van der Waals surface area contributed by atoms with E-state index in [2.05, 4.69) is 13.2 Å². The molecule has 0 aromatic carbocycles. The van der Waals surface area contributed by atoms with Gasteiger partial charge in [0, 0.05) is 31.2 Å². The van der Waals surface area contributed by atoms with Crippen LogP contribution in [0.3, 0.4) is 0 Å². The van der Waals surface area contributed by atoms with Gasteiger partial charge in [-0.15, -0.1) is 0 Å². The Kier molecular flexibility index (Phi) is 10.4. The van der Waals surface area contributed by atoms with Crippen LogP contribution < -0.4 is 0 Å². The van der Waals surface area contributed by atoms with E-state index < -0.39 is 11.9 Å². The van der Waals surface area contributed by atoms with E-state index in [1.165, 1.54) is 0 Å². The van der Waals surface area contributed by atoms with Crippen LogP contribution in [-0.2, 0) is 23.9 Å². The topological polar surface area (TPSA) is 72.9 Å². The first kappa shape index (κ1) is 20.9. The summed E-state index contributed by atoms with van der Waals surface area (Å²) in [7, 11) is 1.71. The van der Waals surface area contributed by atoms with Gasteiger partial charge >= 0.3 is 11.9 Å². The van der Waals surface area contributed by atoms with Crippen molar-refractivity contribution >= 4 is 17.8 Å². The maximum atomic E-state index is 11.9. The zero-order valence-electron chi connectivity index (χ0n) is 14.4. The second-order valence-corrected chi connectivity index (χ2v) is 5.46. The van der Waals surface area contributed by atoms with Crippen molar-refractivity contribution < 1.29 is 23.9 Å². The summed E-state index contributed by atoms with van der Waals surface area (Å²) in [5.74, 6) is -0.802. The van der Waals surface area contributed by atoms with Gasteiger partial charge < -0.3 is 14.4 Å². The van der Waals surface area contributed by atoms with Gasteiger partial charge in [0.15, 0.2) is 0 Å². The number of carbonyl (C=O) groups is 3. The molecule has 0 atom stereocenters. The molecule has 0 saturated heterocycles. The molecule has 0 aromatic heterocycles. The summed E-state index contributed by atoms with van der Waals surface area (Å²) < 4.78 is 9.90. The average Bonchev–Trinajstić information content (AvgIpc) is 2.49. The van der Waals surface area contributed by atoms with Crippen molar-refractivity contribution in [2.24, 2.45) is 0 Å². The van der Waals surface area contributed by atoms with Crippen LogP contribution in [0.25, 0.3) is 0 Å². The first-order chi connectivity index (χ1) is 10.8. The first-order valence-electron chi connectivity index (χ1n) is 7.65. The largest absolute Gasteiger partial charge is 0.462 e. The fourth-order valence-corrected chi connectivity index (χ4v) is 1.57. The number of unbranched alkanes of at least 4 members (excludes halogenated alkanes) is 1. The number of carbonyl (C=O) groups excluding carboxylic acids is 3. The molecule has 6 nitrogen and oxygen atoms in total. The van der Waals surface area contributed by atoms with Crippen LogP contribution in [0.4, 0.5) is 0 Å². The molecular weight excluding hydrogens is 298 g/mol. The minimum atomic E-state index is -0.414. The predicted molar refractivity (Wildman–Crippen MR) is 87.7 cm³/mol. The minimum absolute atomic E-state index is 0.0162. The van der Waals surface area contributed by atoms with Crippen LogP contribution in [-0.4, -0.2) is 49.6 Å². The SMILES string of the molecule is C=C(C)C(=O)OCCCCC(=O)N(C)CCCOC(=O)C(=C)C. The van der Waals surface area contributed by atoms with Gasteiger partial charge in [-0.25, -0.2) is 9.59 Å². The zero-order valence-corrected chi connectivity index (χ0v) is 14.4. The Morgan fingerprint density at radius 1 is 0.870 bits per heavy atom. The summed E-state index contributed by atoms with van der Waals surface area (Å²) >= 11 is 0. The quantitative estimate of drug-likeness (QED) is 0.331. The van der Waals surface area contributed by atoms with Crippen LogP contribution in [0, 0.1) is 0 Å². The van der Waals surface area contributed by atoms with Crippen molar-refractivity contribution in [3.05, 3.63) is 24.3 Å². The van der Waals surface area contributed by atoms with E-state index in [9.17, 15) is 14.4 Å². The number of hydrogen-bond acceptors (Lipinski definition) is 5. The maximum absolute atomic E-state index is 11.9. The molecule has 0 radical (unpaired) electrons. The number of nitrogens with zero attached hydrogens (tertiary/aromatic N) is 1. The Bertz CT molecular complexity index is 456. The van der Waals surface area contributed by atoms with Crippen molar-refractivity contribution in [2.45, 2.75) is 39.5 Å². The van der Waals surface area contributed by atoms with Crippen molar-refractivity contribution in [1.82, 2.24) is 4.90 Å². The number of esters is 2. The normalized spacial score (nSPS) is 9.87. The molecule has 1 amide bonds. The van der Waals surface area contributed by atoms with Gasteiger partial charge in [0.05, 0.1) is 13.2 Å². The van der Waals surface area contributed by atoms with E-state index in [4.69, 9.17) is 9.47 Å². The Hall–Kier alpha value is -2.11. The van der Waals surface area contributed by atoms with E-state index in [0.29, 0.717) is 50.0 Å². The molecule has 0 N–H and O–H groups in total. The lowest BCUT2D eigenvalue weighted by Gasteiger charge is -2.17. The van der Waals surface area contributed by atoms with Crippen molar-refractivity contribution in [3.8, 4) is 0 Å². The van der Waals surface area contributed by atoms with Gasteiger partial charge in [-0.2, -0.15) is 0 Å². The summed E-state index contributed by atoms with van der Waals surface area (Å²) in [6.07, 6.45) is 2.26. The third-order valence-electron chi connectivity index (χ3n) is 3.01. The van der Waals surface area contributed by atoms with Crippen molar-refractivity contribution in [3.63, 3.8) is 0 Å². The highest BCUT2D eigenvalue weighted by Crippen LogP contribution is 2.03. The Morgan fingerprint density at radius 2 is 1.35 bits per heavy atom. The predicted octanol–water partition coefficient (Wildman–Crippen LogP) is 2.24.